The molecule has 0 aromatic heterocycles. The minimum absolute atomic E-state index is 0.0486. The van der Waals surface area contributed by atoms with Crippen LogP contribution in [0, 0.1) is 25.2 Å². The maximum Gasteiger partial charge on any atom is 0.349 e. The van der Waals surface area contributed by atoms with Gasteiger partial charge in [0.15, 0.2) is 18.1 Å². The van der Waals surface area contributed by atoms with Gasteiger partial charge in [0.1, 0.15) is 35.5 Å². The van der Waals surface area contributed by atoms with E-state index in [9.17, 15) is 10.1 Å². The highest BCUT2D eigenvalue weighted by molar-refractivity contribution is 6.35. The van der Waals surface area contributed by atoms with Gasteiger partial charge in [-0.2, -0.15) is 5.26 Å². The Bertz CT molecular complexity index is 1810. The Kier molecular flexibility index (Phi) is 9.72. The molecule has 0 spiro atoms. The normalized spacial score (nSPS) is 13.7. The molecule has 45 heavy (non-hydrogen) atoms. The van der Waals surface area contributed by atoms with Crippen LogP contribution in [0.25, 0.3) is 0 Å². The van der Waals surface area contributed by atoms with Crippen LogP contribution in [-0.4, -0.2) is 19.2 Å². The Balaban J connectivity index is 1.38. The van der Waals surface area contributed by atoms with Crippen LogP contribution in [0.3, 0.4) is 0 Å². The van der Waals surface area contributed by atoms with E-state index in [1.54, 1.807) is 42.5 Å². The van der Waals surface area contributed by atoms with E-state index in [0.717, 1.165) is 22.3 Å². The molecule has 10 heteroatoms. The number of hydrogen-bond acceptors (Lipinski definition) is 8. The fourth-order valence-corrected chi connectivity index (χ4v) is 5.51. The minimum Gasteiger partial charge on any atom is -0.490 e. The highest BCUT2D eigenvalue weighted by atomic mass is 35.5. The number of carbonyl (C=O) groups excluding carboxylic acids is 1. The van der Waals surface area contributed by atoms with Crippen LogP contribution in [0.5, 0.6) is 28.7 Å². The first-order chi connectivity index (χ1) is 21.7. The Labute approximate surface area is 271 Å². The van der Waals surface area contributed by atoms with Gasteiger partial charge in [-0.3, -0.25) is 0 Å². The second-order valence-electron chi connectivity index (χ2n) is 10.3. The second-order valence-corrected chi connectivity index (χ2v) is 11.1. The molecule has 1 atom stereocenters. The Morgan fingerprint density at radius 1 is 0.956 bits per heavy atom. The number of fused-ring (bicyclic) bond motifs is 1. The molecular weight excluding hydrogens is 615 g/mol. The third-order valence-corrected chi connectivity index (χ3v) is 7.75. The zero-order valence-electron chi connectivity index (χ0n) is 24.9. The van der Waals surface area contributed by atoms with Crippen molar-refractivity contribution >= 4 is 29.2 Å². The predicted octanol–water partition coefficient (Wildman–Crippen LogP) is 7.79. The van der Waals surface area contributed by atoms with Gasteiger partial charge in [0.05, 0.1) is 12.5 Å². The molecule has 0 bridgehead atoms. The lowest BCUT2D eigenvalue weighted by atomic mass is 9.83. The number of ether oxygens (including phenoxy) is 5. The standard InChI is InChI=1S/C35H30Cl2N2O6/c1-4-41-31-14-22(9-13-29(31)42-18-23-8-10-24(36)15-28(23)37)33-26-12-11-25(16-30(26)45-35(39)27(33)17-38)44-32(40)19-43-34-20(2)6-5-7-21(34)3/h5-16,33H,4,18-19,39H2,1-3H3. The molecule has 1 aliphatic heterocycles. The number of nitrogens with two attached hydrogens (primary N) is 1. The summed E-state index contributed by atoms with van der Waals surface area (Å²) in [6.45, 7) is 6.00. The molecule has 1 aliphatic rings. The summed E-state index contributed by atoms with van der Waals surface area (Å²) in [5.74, 6) is 1.02. The third-order valence-electron chi connectivity index (χ3n) is 7.16. The highest BCUT2D eigenvalue weighted by Gasteiger charge is 2.32. The van der Waals surface area contributed by atoms with Crippen molar-refractivity contribution in [2.24, 2.45) is 5.73 Å². The molecule has 8 nitrogen and oxygen atoms in total. The number of benzene rings is 4. The van der Waals surface area contributed by atoms with E-state index in [2.05, 4.69) is 6.07 Å². The summed E-state index contributed by atoms with van der Waals surface area (Å²) in [7, 11) is 0. The molecule has 2 N–H and O–H groups in total. The summed E-state index contributed by atoms with van der Waals surface area (Å²) >= 11 is 12.3. The molecule has 0 fully saturated rings. The quantitative estimate of drug-likeness (QED) is 0.137. The average molecular weight is 646 g/mol. The van der Waals surface area contributed by atoms with E-state index >= 15 is 0 Å². The van der Waals surface area contributed by atoms with Crippen molar-refractivity contribution in [1.82, 2.24) is 0 Å². The van der Waals surface area contributed by atoms with Gasteiger partial charge in [0.25, 0.3) is 0 Å². The molecule has 230 valence electrons. The highest BCUT2D eigenvalue weighted by Crippen LogP contribution is 2.45. The molecule has 1 heterocycles. The SMILES string of the molecule is CCOc1cc(C2C(C#N)=C(N)Oc3cc(OC(=O)COc4c(C)cccc4C)ccc32)ccc1OCc1ccc(Cl)cc1Cl. The van der Waals surface area contributed by atoms with Gasteiger partial charge < -0.3 is 29.4 Å². The summed E-state index contributed by atoms with van der Waals surface area (Å²) in [4.78, 5) is 12.6. The molecule has 4 aromatic carbocycles. The van der Waals surface area contributed by atoms with E-state index in [1.807, 2.05) is 51.1 Å². The van der Waals surface area contributed by atoms with E-state index < -0.39 is 11.9 Å². The fourth-order valence-electron chi connectivity index (χ4n) is 5.05. The molecule has 5 rings (SSSR count). The molecule has 0 saturated heterocycles. The van der Waals surface area contributed by atoms with Crippen molar-refractivity contribution in [3.63, 3.8) is 0 Å². The number of esters is 1. The lowest BCUT2D eigenvalue weighted by molar-refractivity contribution is -0.136. The van der Waals surface area contributed by atoms with E-state index in [-0.39, 0.29) is 30.4 Å². The van der Waals surface area contributed by atoms with Crippen molar-refractivity contribution in [3.05, 3.63) is 122 Å². The predicted molar refractivity (Wildman–Crippen MR) is 171 cm³/mol. The average Bonchev–Trinajstić information content (AvgIpc) is 3.00. The summed E-state index contributed by atoms with van der Waals surface area (Å²) in [6.07, 6.45) is 0. The summed E-state index contributed by atoms with van der Waals surface area (Å²) < 4.78 is 29.0. The monoisotopic (exact) mass is 644 g/mol. The number of para-hydroxylation sites is 1. The number of aryl methyl sites for hydroxylation is 2. The largest absolute Gasteiger partial charge is 0.490 e. The smallest absolute Gasteiger partial charge is 0.349 e. The van der Waals surface area contributed by atoms with Crippen LogP contribution < -0.4 is 29.4 Å². The van der Waals surface area contributed by atoms with Crippen LogP contribution in [0.15, 0.2) is 84.3 Å². The number of nitriles is 1. The van der Waals surface area contributed by atoms with E-state index in [0.29, 0.717) is 45.2 Å². The van der Waals surface area contributed by atoms with Gasteiger partial charge in [-0.15, -0.1) is 0 Å². The van der Waals surface area contributed by atoms with Crippen LogP contribution >= 0.6 is 23.2 Å². The Hall–Kier alpha value is -4.84. The van der Waals surface area contributed by atoms with Gasteiger partial charge in [0.2, 0.25) is 5.88 Å². The molecule has 4 aromatic rings. The molecule has 0 saturated carbocycles. The van der Waals surface area contributed by atoms with Crippen LogP contribution in [-0.2, 0) is 11.4 Å². The maximum absolute atomic E-state index is 12.6. The topological polar surface area (TPSA) is 113 Å². The van der Waals surface area contributed by atoms with Crippen molar-refractivity contribution in [3.8, 4) is 34.8 Å². The molecule has 0 radical (unpaired) electrons. The Morgan fingerprint density at radius 2 is 1.73 bits per heavy atom. The number of allylic oxidation sites excluding steroid dienone is 1. The van der Waals surface area contributed by atoms with Crippen LogP contribution in [0.1, 0.15) is 40.7 Å². The summed E-state index contributed by atoms with van der Waals surface area (Å²) in [6, 6.07) is 23.5. The first-order valence-electron chi connectivity index (χ1n) is 14.1. The zero-order valence-corrected chi connectivity index (χ0v) is 26.4. The maximum atomic E-state index is 12.6. The number of carbonyl (C=O) groups is 1. The first kappa shape index (κ1) is 31.6. The van der Waals surface area contributed by atoms with Gasteiger partial charge in [-0.05, 0) is 67.8 Å². The van der Waals surface area contributed by atoms with E-state index in [1.165, 1.54) is 0 Å². The van der Waals surface area contributed by atoms with Gasteiger partial charge >= 0.3 is 5.97 Å². The summed E-state index contributed by atoms with van der Waals surface area (Å²) in [5.41, 5.74) is 10.4. The van der Waals surface area contributed by atoms with Crippen molar-refractivity contribution in [1.29, 1.82) is 5.26 Å². The number of rotatable bonds is 10. The van der Waals surface area contributed by atoms with Gasteiger partial charge in [-0.1, -0.05) is 59.6 Å². The molecule has 0 aliphatic carbocycles. The third kappa shape index (κ3) is 7.12. The minimum atomic E-state index is -0.581. The number of nitrogens with zero attached hydrogens (tertiary/aromatic N) is 1. The van der Waals surface area contributed by atoms with Crippen molar-refractivity contribution in [2.45, 2.75) is 33.3 Å². The van der Waals surface area contributed by atoms with Gasteiger partial charge in [-0.25, -0.2) is 4.79 Å². The Morgan fingerprint density at radius 3 is 2.44 bits per heavy atom. The van der Waals surface area contributed by atoms with Gasteiger partial charge in [0, 0.05) is 27.2 Å². The van der Waals surface area contributed by atoms with E-state index in [4.69, 9.17) is 52.6 Å². The summed E-state index contributed by atoms with van der Waals surface area (Å²) in [5, 5.41) is 11.1. The lowest BCUT2D eigenvalue weighted by Gasteiger charge is -2.27. The van der Waals surface area contributed by atoms with Crippen molar-refractivity contribution in [2.75, 3.05) is 13.2 Å². The molecular formula is C35H30Cl2N2O6. The molecule has 0 amide bonds. The fraction of sp³-hybridized carbons (Fsp3) is 0.200. The first-order valence-corrected chi connectivity index (χ1v) is 14.9. The van der Waals surface area contributed by atoms with Crippen molar-refractivity contribution < 1.29 is 28.5 Å². The zero-order chi connectivity index (χ0) is 32.1. The number of hydrogen-bond donors (Lipinski definition) is 1. The number of halogens is 2. The lowest BCUT2D eigenvalue weighted by Crippen LogP contribution is -2.22. The molecule has 1 unspecified atom stereocenters. The van der Waals surface area contributed by atoms with Crippen LogP contribution in [0.2, 0.25) is 10.0 Å². The second kappa shape index (κ2) is 13.9. The van der Waals surface area contributed by atoms with Crippen LogP contribution in [0.4, 0.5) is 0 Å².